The first-order valence-electron chi connectivity index (χ1n) is 8.43. The number of benzene rings is 2. The molecule has 0 saturated heterocycles. The minimum atomic E-state index is -0.127. The molecule has 27 heavy (non-hydrogen) atoms. The molecule has 0 aliphatic rings. The molecule has 0 aromatic heterocycles. The minimum absolute atomic E-state index is 0.127. The third-order valence-electron chi connectivity index (χ3n) is 3.71. The summed E-state index contributed by atoms with van der Waals surface area (Å²) in [5.41, 5.74) is 2.75. The number of amides is 2. The smallest absolute Gasteiger partial charge is 0.234 e. The summed E-state index contributed by atoms with van der Waals surface area (Å²) in [6.07, 6.45) is 0. The lowest BCUT2D eigenvalue weighted by atomic mass is 10.2. The first-order chi connectivity index (χ1) is 13.0. The maximum absolute atomic E-state index is 12.0. The lowest BCUT2D eigenvalue weighted by Gasteiger charge is -2.10. The fraction of sp³-hybridized carbons (Fsp3) is 0.300. The van der Waals surface area contributed by atoms with Gasteiger partial charge in [0, 0.05) is 12.2 Å². The molecule has 0 aliphatic carbocycles. The number of nitrogens with one attached hydrogen (secondary N) is 2. The SMILES string of the molecule is COc1ccc(CNC(=O)CSCC(=O)Nc2cccc(C)c2)cc1OC. The first kappa shape index (κ1) is 20.6. The molecule has 144 valence electrons. The second-order valence-corrected chi connectivity index (χ2v) is 6.86. The lowest BCUT2D eigenvalue weighted by molar-refractivity contribution is -0.118. The van der Waals surface area contributed by atoms with Gasteiger partial charge in [0.25, 0.3) is 0 Å². The normalized spacial score (nSPS) is 10.2. The van der Waals surface area contributed by atoms with Gasteiger partial charge in [0.2, 0.25) is 11.8 Å². The largest absolute Gasteiger partial charge is 0.493 e. The second kappa shape index (κ2) is 10.5. The predicted molar refractivity (Wildman–Crippen MR) is 109 cm³/mol. The van der Waals surface area contributed by atoms with Gasteiger partial charge in [-0.25, -0.2) is 0 Å². The number of thioether (sulfide) groups is 1. The van der Waals surface area contributed by atoms with Gasteiger partial charge in [-0.2, -0.15) is 0 Å². The third kappa shape index (κ3) is 6.86. The lowest BCUT2D eigenvalue weighted by Crippen LogP contribution is -2.25. The molecule has 0 unspecified atom stereocenters. The molecule has 0 heterocycles. The Morgan fingerprint density at radius 2 is 1.70 bits per heavy atom. The van der Waals surface area contributed by atoms with Gasteiger partial charge in [0.05, 0.1) is 25.7 Å². The number of carbonyl (C=O) groups excluding carboxylic acids is 2. The maximum atomic E-state index is 12.0. The van der Waals surface area contributed by atoms with Crippen LogP contribution in [-0.2, 0) is 16.1 Å². The highest BCUT2D eigenvalue weighted by Crippen LogP contribution is 2.27. The summed E-state index contributed by atoms with van der Waals surface area (Å²) < 4.78 is 10.4. The number of methoxy groups -OCH3 is 2. The Morgan fingerprint density at radius 3 is 2.41 bits per heavy atom. The van der Waals surface area contributed by atoms with Crippen LogP contribution in [0.25, 0.3) is 0 Å². The number of anilines is 1. The van der Waals surface area contributed by atoms with E-state index in [1.807, 2.05) is 43.3 Å². The van der Waals surface area contributed by atoms with E-state index in [0.29, 0.717) is 18.0 Å². The van der Waals surface area contributed by atoms with E-state index >= 15 is 0 Å². The second-order valence-electron chi connectivity index (χ2n) is 5.88. The maximum Gasteiger partial charge on any atom is 0.234 e. The van der Waals surface area contributed by atoms with Crippen LogP contribution >= 0.6 is 11.8 Å². The fourth-order valence-electron chi connectivity index (χ4n) is 2.40. The van der Waals surface area contributed by atoms with E-state index in [4.69, 9.17) is 9.47 Å². The summed E-state index contributed by atoms with van der Waals surface area (Å²) in [5, 5.41) is 5.65. The van der Waals surface area contributed by atoms with Gasteiger partial charge < -0.3 is 20.1 Å². The summed E-state index contributed by atoms with van der Waals surface area (Å²) in [7, 11) is 3.14. The third-order valence-corrected chi connectivity index (χ3v) is 4.64. The number of carbonyl (C=O) groups is 2. The summed E-state index contributed by atoms with van der Waals surface area (Å²) in [5.74, 6) is 1.44. The highest BCUT2D eigenvalue weighted by molar-refractivity contribution is 8.00. The van der Waals surface area contributed by atoms with E-state index in [2.05, 4.69) is 10.6 Å². The van der Waals surface area contributed by atoms with E-state index in [9.17, 15) is 9.59 Å². The van der Waals surface area contributed by atoms with Crippen molar-refractivity contribution in [1.29, 1.82) is 0 Å². The van der Waals surface area contributed by atoms with Crippen molar-refractivity contribution in [2.45, 2.75) is 13.5 Å². The van der Waals surface area contributed by atoms with E-state index in [1.165, 1.54) is 11.8 Å². The molecule has 0 radical (unpaired) electrons. The van der Waals surface area contributed by atoms with E-state index < -0.39 is 0 Å². The van der Waals surface area contributed by atoms with E-state index in [1.54, 1.807) is 20.3 Å². The van der Waals surface area contributed by atoms with Crippen molar-refractivity contribution in [1.82, 2.24) is 5.32 Å². The molecule has 2 aromatic rings. The Hall–Kier alpha value is -2.67. The van der Waals surface area contributed by atoms with Crippen molar-refractivity contribution in [3.05, 3.63) is 53.6 Å². The van der Waals surface area contributed by atoms with Crippen molar-refractivity contribution in [2.75, 3.05) is 31.0 Å². The zero-order valence-corrected chi connectivity index (χ0v) is 16.5. The van der Waals surface area contributed by atoms with Crippen molar-refractivity contribution in [3.8, 4) is 11.5 Å². The molecule has 0 saturated carbocycles. The number of ether oxygens (including phenoxy) is 2. The van der Waals surface area contributed by atoms with Crippen LogP contribution in [0, 0.1) is 6.92 Å². The van der Waals surface area contributed by atoms with Crippen molar-refractivity contribution >= 4 is 29.3 Å². The molecule has 2 amide bonds. The molecule has 0 bridgehead atoms. The van der Waals surface area contributed by atoms with Crippen LogP contribution in [-0.4, -0.2) is 37.5 Å². The standard InChI is InChI=1S/C20H24N2O4S/c1-14-5-4-6-16(9-14)22-20(24)13-27-12-19(23)21-11-15-7-8-17(25-2)18(10-15)26-3/h4-10H,11-13H2,1-3H3,(H,21,23)(H,22,24). The van der Waals surface area contributed by atoms with E-state index in [-0.39, 0.29) is 23.3 Å². The van der Waals surface area contributed by atoms with Crippen molar-refractivity contribution < 1.29 is 19.1 Å². The summed E-state index contributed by atoms with van der Waals surface area (Å²) in [4.78, 5) is 23.9. The molecule has 0 atom stereocenters. The predicted octanol–water partition coefficient (Wildman–Crippen LogP) is 3.00. The van der Waals surface area contributed by atoms with Crippen LogP contribution in [0.1, 0.15) is 11.1 Å². The van der Waals surface area contributed by atoms with Gasteiger partial charge in [-0.1, -0.05) is 18.2 Å². The topological polar surface area (TPSA) is 76.7 Å². The van der Waals surface area contributed by atoms with Gasteiger partial charge in [-0.05, 0) is 42.3 Å². The van der Waals surface area contributed by atoms with Crippen LogP contribution in [0.15, 0.2) is 42.5 Å². The average Bonchev–Trinajstić information content (AvgIpc) is 2.66. The summed E-state index contributed by atoms with van der Waals surface area (Å²) >= 11 is 1.27. The van der Waals surface area contributed by atoms with Crippen molar-refractivity contribution in [3.63, 3.8) is 0 Å². The molecule has 2 N–H and O–H groups in total. The summed E-state index contributed by atoms with van der Waals surface area (Å²) in [6, 6.07) is 13.1. The minimum Gasteiger partial charge on any atom is -0.493 e. The summed E-state index contributed by atoms with van der Waals surface area (Å²) in [6.45, 7) is 2.35. The van der Waals surface area contributed by atoms with E-state index in [0.717, 1.165) is 16.8 Å². The Morgan fingerprint density at radius 1 is 0.963 bits per heavy atom. The number of rotatable bonds is 9. The molecule has 0 fully saturated rings. The van der Waals surface area contributed by atoms with Gasteiger partial charge in [0.15, 0.2) is 11.5 Å². The molecule has 0 spiro atoms. The number of aryl methyl sites for hydroxylation is 1. The van der Waals surface area contributed by atoms with Gasteiger partial charge >= 0.3 is 0 Å². The molecule has 7 heteroatoms. The van der Waals surface area contributed by atoms with Gasteiger partial charge in [0.1, 0.15) is 0 Å². The zero-order chi connectivity index (χ0) is 19.6. The Kier molecular flexibility index (Phi) is 8.00. The molecule has 6 nitrogen and oxygen atoms in total. The highest BCUT2D eigenvalue weighted by Gasteiger charge is 2.08. The van der Waals surface area contributed by atoms with Crippen LogP contribution in [0.3, 0.4) is 0 Å². The highest BCUT2D eigenvalue weighted by atomic mass is 32.2. The Labute approximate surface area is 163 Å². The average molecular weight is 388 g/mol. The van der Waals surface area contributed by atoms with Crippen LogP contribution in [0.4, 0.5) is 5.69 Å². The molecular formula is C20H24N2O4S. The monoisotopic (exact) mass is 388 g/mol. The first-order valence-corrected chi connectivity index (χ1v) is 9.59. The van der Waals surface area contributed by atoms with Gasteiger partial charge in [-0.15, -0.1) is 11.8 Å². The van der Waals surface area contributed by atoms with Crippen LogP contribution in [0.2, 0.25) is 0 Å². The number of hydrogen-bond acceptors (Lipinski definition) is 5. The molecule has 2 rings (SSSR count). The Balaban J connectivity index is 1.71. The molecule has 2 aromatic carbocycles. The van der Waals surface area contributed by atoms with Gasteiger partial charge in [-0.3, -0.25) is 9.59 Å². The molecule has 0 aliphatic heterocycles. The quantitative estimate of drug-likeness (QED) is 0.691. The zero-order valence-electron chi connectivity index (χ0n) is 15.7. The van der Waals surface area contributed by atoms with Crippen LogP contribution < -0.4 is 20.1 Å². The molecular weight excluding hydrogens is 364 g/mol. The van der Waals surface area contributed by atoms with Crippen LogP contribution in [0.5, 0.6) is 11.5 Å². The fourth-order valence-corrected chi connectivity index (χ4v) is 3.05. The van der Waals surface area contributed by atoms with Crippen molar-refractivity contribution in [2.24, 2.45) is 0 Å². The Bertz CT molecular complexity index is 795. The number of hydrogen-bond donors (Lipinski definition) is 2.